The maximum absolute atomic E-state index is 12.4. The molecule has 1 aromatic rings. The Bertz CT molecular complexity index is 677. The number of hydrogen-bond donors (Lipinski definition) is 0. The number of rotatable bonds is 7. The van der Waals surface area contributed by atoms with Crippen LogP contribution in [0.1, 0.15) is 61.3 Å². The van der Waals surface area contributed by atoms with Crippen LogP contribution in [0, 0.1) is 17.8 Å². The van der Waals surface area contributed by atoms with Crippen molar-refractivity contribution in [2.24, 2.45) is 5.92 Å². The zero-order chi connectivity index (χ0) is 18.8. The topological polar surface area (TPSA) is 52.6 Å². The second-order valence-electron chi connectivity index (χ2n) is 6.29. The van der Waals surface area contributed by atoms with E-state index in [2.05, 4.69) is 18.4 Å². The average Bonchev–Trinajstić information content (AvgIpc) is 2.57. The lowest BCUT2D eigenvalue weighted by atomic mass is 10.1. The van der Waals surface area contributed by atoms with Crippen molar-refractivity contribution in [3.8, 4) is 11.8 Å². The van der Waals surface area contributed by atoms with Crippen molar-refractivity contribution in [1.82, 2.24) is 0 Å². The molecule has 1 rings (SSSR count). The third-order valence-corrected chi connectivity index (χ3v) is 3.15. The molecule has 0 radical (unpaired) electrons. The predicted octanol–water partition coefficient (Wildman–Crippen LogP) is 4.40. The summed E-state index contributed by atoms with van der Waals surface area (Å²) in [6.07, 6.45) is 0.857. The van der Waals surface area contributed by atoms with Crippen LogP contribution in [0.5, 0.6) is 0 Å². The average molecular weight is 342 g/mol. The maximum Gasteiger partial charge on any atom is 0.339 e. The number of carbonyl (C=O) groups is 2. The molecule has 25 heavy (non-hydrogen) atoms. The van der Waals surface area contributed by atoms with Crippen LogP contribution < -0.4 is 0 Å². The maximum atomic E-state index is 12.4. The highest BCUT2D eigenvalue weighted by Gasteiger charge is 2.17. The molecule has 1 atom stereocenters. The molecule has 134 valence electrons. The van der Waals surface area contributed by atoms with Gasteiger partial charge in [0.1, 0.15) is 0 Å². The van der Waals surface area contributed by atoms with Crippen molar-refractivity contribution in [2.75, 3.05) is 6.61 Å². The number of benzene rings is 1. The minimum Gasteiger partial charge on any atom is -0.462 e. The van der Waals surface area contributed by atoms with E-state index in [1.54, 1.807) is 25.1 Å². The van der Waals surface area contributed by atoms with Gasteiger partial charge >= 0.3 is 11.9 Å². The molecule has 0 saturated heterocycles. The van der Waals surface area contributed by atoms with E-state index >= 15 is 0 Å². The van der Waals surface area contributed by atoms with Crippen LogP contribution in [-0.4, -0.2) is 24.6 Å². The van der Waals surface area contributed by atoms with Crippen LogP contribution in [0.25, 0.3) is 0 Å². The summed E-state index contributed by atoms with van der Waals surface area (Å²) in [6, 6.07) is 6.34. The molecular weight excluding hydrogens is 316 g/mol. The van der Waals surface area contributed by atoms with Crippen LogP contribution in [0.15, 0.2) is 36.4 Å². The van der Waals surface area contributed by atoms with Crippen molar-refractivity contribution in [1.29, 1.82) is 0 Å². The first-order valence-electron chi connectivity index (χ1n) is 8.48. The second-order valence-corrected chi connectivity index (χ2v) is 6.29. The lowest BCUT2D eigenvalue weighted by Crippen LogP contribution is -2.19. The van der Waals surface area contributed by atoms with Crippen LogP contribution in [-0.2, 0) is 9.47 Å². The predicted molar refractivity (Wildman–Crippen MR) is 98.3 cm³/mol. The minimum atomic E-state index is -0.514. The number of hydrogen-bond acceptors (Lipinski definition) is 4. The fourth-order valence-electron chi connectivity index (χ4n) is 2.02. The van der Waals surface area contributed by atoms with Gasteiger partial charge in [-0.1, -0.05) is 45.3 Å². The van der Waals surface area contributed by atoms with E-state index in [9.17, 15) is 9.59 Å². The van der Waals surface area contributed by atoms with Gasteiger partial charge in [-0.15, -0.1) is 0 Å². The lowest BCUT2D eigenvalue weighted by Gasteiger charge is -2.15. The van der Waals surface area contributed by atoms with Crippen LogP contribution in [0.3, 0.4) is 0 Å². The Hall–Kier alpha value is -2.54. The largest absolute Gasteiger partial charge is 0.462 e. The third kappa shape index (κ3) is 7.71. The molecule has 0 aliphatic heterocycles. The van der Waals surface area contributed by atoms with Gasteiger partial charge in [-0.05, 0) is 49.5 Å². The number of carbonyl (C=O) groups excluding carboxylic acids is 2. The summed E-state index contributed by atoms with van der Waals surface area (Å²) in [4.78, 5) is 24.3. The molecule has 4 heteroatoms. The zero-order valence-corrected chi connectivity index (χ0v) is 15.4. The summed E-state index contributed by atoms with van der Waals surface area (Å²) in [5.41, 5.74) is 1.35. The zero-order valence-electron chi connectivity index (χ0n) is 15.4. The van der Waals surface area contributed by atoms with Gasteiger partial charge in [0, 0.05) is 0 Å². The van der Waals surface area contributed by atoms with Gasteiger partial charge in [0.15, 0.2) is 6.10 Å². The summed E-state index contributed by atoms with van der Waals surface area (Å²) in [5, 5.41) is 0. The first kappa shape index (κ1) is 20.5. The van der Waals surface area contributed by atoms with Crippen molar-refractivity contribution in [3.63, 3.8) is 0 Å². The van der Waals surface area contributed by atoms with E-state index < -0.39 is 18.0 Å². The van der Waals surface area contributed by atoms with E-state index in [0.29, 0.717) is 35.6 Å². The van der Waals surface area contributed by atoms with E-state index in [-0.39, 0.29) is 0 Å². The highest BCUT2D eigenvalue weighted by atomic mass is 16.5. The van der Waals surface area contributed by atoms with Gasteiger partial charge in [-0.3, -0.25) is 0 Å². The van der Waals surface area contributed by atoms with E-state index in [1.165, 1.54) is 6.07 Å². The molecular formula is C21H26O4. The molecule has 0 spiro atoms. The fraction of sp³-hybridized carbons (Fsp3) is 0.429. The van der Waals surface area contributed by atoms with Crippen LogP contribution >= 0.6 is 0 Å². The Morgan fingerprint density at radius 3 is 2.40 bits per heavy atom. The van der Waals surface area contributed by atoms with E-state index in [0.717, 1.165) is 6.42 Å². The third-order valence-electron chi connectivity index (χ3n) is 3.15. The smallest absolute Gasteiger partial charge is 0.339 e. The normalized spacial score (nSPS) is 11.2. The number of allylic oxidation sites excluding steroid dienone is 1. The summed E-state index contributed by atoms with van der Waals surface area (Å²) < 4.78 is 10.6. The molecule has 1 unspecified atom stereocenters. The van der Waals surface area contributed by atoms with Crippen molar-refractivity contribution in [3.05, 3.63) is 47.5 Å². The van der Waals surface area contributed by atoms with Crippen molar-refractivity contribution in [2.45, 2.75) is 46.6 Å². The summed E-state index contributed by atoms with van der Waals surface area (Å²) in [5.74, 6) is 5.17. The monoisotopic (exact) mass is 342 g/mol. The Kier molecular flexibility index (Phi) is 8.49. The Balaban J connectivity index is 2.88. The van der Waals surface area contributed by atoms with Crippen molar-refractivity contribution >= 4 is 11.9 Å². The Morgan fingerprint density at radius 1 is 1.20 bits per heavy atom. The molecule has 4 nitrogen and oxygen atoms in total. The summed E-state index contributed by atoms with van der Waals surface area (Å²) in [7, 11) is 0. The van der Waals surface area contributed by atoms with Gasteiger partial charge < -0.3 is 9.47 Å². The quantitative estimate of drug-likeness (QED) is 0.544. The SMILES string of the molecule is C=C(C)C#CC(CC(C)C)OC(=O)c1cccc(C(=O)OCCC)c1. The van der Waals surface area contributed by atoms with Gasteiger partial charge in [-0.2, -0.15) is 0 Å². The summed E-state index contributed by atoms with van der Waals surface area (Å²) in [6.45, 7) is 11.9. The molecule has 0 fully saturated rings. The first-order valence-corrected chi connectivity index (χ1v) is 8.48. The second kappa shape index (κ2) is 10.4. The Morgan fingerprint density at radius 2 is 1.84 bits per heavy atom. The van der Waals surface area contributed by atoms with E-state index in [1.807, 2.05) is 20.8 Å². The lowest BCUT2D eigenvalue weighted by molar-refractivity contribution is 0.0377. The highest BCUT2D eigenvalue weighted by Crippen LogP contribution is 2.13. The minimum absolute atomic E-state index is 0.303. The van der Waals surface area contributed by atoms with Crippen molar-refractivity contribution < 1.29 is 19.1 Å². The van der Waals surface area contributed by atoms with Gasteiger partial charge in [-0.25, -0.2) is 9.59 Å². The molecule has 0 aromatic heterocycles. The van der Waals surface area contributed by atoms with Crippen LogP contribution in [0.4, 0.5) is 0 Å². The molecule has 0 saturated carbocycles. The van der Waals surface area contributed by atoms with Crippen LogP contribution in [0.2, 0.25) is 0 Å². The molecule has 0 bridgehead atoms. The first-order chi connectivity index (χ1) is 11.8. The number of esters is 2. The van der Waals surface area contributed by atoms with Gasteiger partial charge in [0.2, 0.25) is 0 Å². The number of ether oxygens (including phenoxy) is 2. The Labute approximate surface area is 150 Å². The molecule has 0 heterocycles. The van der Waals surface area contributed by atoms with Gasteiger partial charge in [0.05, 0.1) is 17.7 Å². The van der Waals surface area contributed by atoms with Gasteiger partial charge in [0.25, 0.3) is 0 Å². The molecule has 0 N–H and O–H groups in total. The molecule has 0 aliphatic carbocycles. The molecule has 0 aliphatic rings. The standard InChI is InChI=1S/C21H26O4/c1-6-12-24-20(22)17-8-7-9-18(14-17)21(23)25-19(13-16(4)5)11-10-15(2)3/h7-9,14,16,19H,2,6,12-13H2,1,3-5H3. The van der Waals surface area contributed by atoms with E-state index in [4.69, 9.17) is 9.47 Å². The highest BCUT2D eigenvalue weighted by molar-refractivity contribution is 5.95. The molecule has 1 aromatic carbocycles. The molecule has 0 amide bonds. The summed E-state index contributed by atoms with van der Waals surface area (Å²) >= 11 is 0. The fourth-order valence-corrected chi connectivity index (χ4v) is 2.02.